The molecule has 0 amide bonds. The van der Waals surface area contributed by atoms with E-state index in [4.69, 9.17) is 9.47 Å². The Kier molecular flexibility index (Phi) is 3.58. The number of benzene rings is 1. The summed E-state index contributed by atoms with van der Waals surface area (Å²) >= 11 is 0. The number of methoxy groups -OCH3 is 2. The normalized spacial score (nSPS) is 10.4. The molecule has 0 saturated carbocycles. The molecule has 96 valence electrons. The van der Waals surface area contributed by atoms with Crippen molar-refractivity contribution in [2.45, 2.75) is 13.5 Å². The Bertz CT molecular complexity index is 546. The Hall–Kier alpha value is -1.94. The fourth-order valence-electron chi connectivity index (χ4n) is 1.93. The van der Waals surface area contributed by atoms with E-state index in [0.717, 1.165) is 34.0 Å². The first-order chi connectivity index (χ1) is 8.69. The van der Waals surface area contributed by atoms with E-state index >= 15 is 0 Å². The molecule has 0 aliphatic carbocycles. The molecule has 18 heavy (non-hydrogen) atoms. The summed E-state index contributed by atoms with van der Waals surface area (Å²) in [5.74, 6) is 1.49. The van der Waals surface area contributed by atoms with Gasteiger partial charge in [-0.1, -0.05) is 0 Å². The van der Waals surface area contributed by atoms with Gasteiger partial charge >= 0.3 is 0 Å². The van der Waals surface area contributed by atoms with Gasteiger partial charge < -0.3 is 19.6 Å². The van der Waals surface area contributed by atoms with Gasteiger partial charge in [-0.05, 0) is 30.7 Å². The van der Waals surface area contributed by atoms with Crippen LogP contribution in [0.4, 0.5) is 0 Å². The minimum atomic E-state index is 0.0286. The second-order valence-electron chi connectivity index (χ2n) is 4.06. The third-order valence-corrected chi connectivity index (χ3v) is 2.99. The highest BCUT2D eigenvalue weighted by atomic mass is 16.5. The van der Waals surface area contributed by atoms with Crippen LogP contribution in [0.2, 0.25) is 0 Å². The summed E-state index contributed by atoms with van der Waals surface area (Å²) in [6.07, 6.45) is 0. The Balaban J connectivity index is 2.48. The van der Waals surface area contributed by atoms with E-state index < -0.39 is 0 Å². The van der Waals surface area contributed by atoms with Crippen LogP contribution in [0, 0.1) is 6.92 Å². The zero-order valence-corrected chi connectivity index (χ0v) is 10.8. The van der Waals surface area contributed by atoms with Gasteiger partial charge in [0.15, 0.2) is 0 Å². The molecule has 0 spiro atoms. The van der Waals surface area contributed by atoms with E-state index in [0.29, 0.717) is 0 Å². The molecule has 0 radical (unpaired) electrons. The number of nitrogens with one attached hydrogen (secondary N) is 1. The van der Waals surface area contributed by atoms with Gasteiger partial charge in [-0.3, -0.25) is 0 Å². The molecular weight excluding hydrogens is 230 g/mol. The van der Waals surface area contributed by atoms with Gasteiger partial charge in [0.2, 0.25) is 0 Å². The summed E-state index contributed by atoms with van der Waals surface area (Å²) in [5.41, 5.74) is 3.73. The van der Waals surface area contributed by atoms with Crippen LogP contribution in [0.1, 0.15) is 11.3 Å². The molecular formula is C14H17NO3. The molecule has 1 aromatic carbocycles. The number of rotatable bonds is 4. The Labute approximate surface area is 106 Å². The largest absolute Gasteiger partial charge is 0.497 e. The number of aliphatic hydroxyl groups excluding tert-OH is 1. The molecule has 0 unspecified atom stereocenters. The van der Waals surface area contributed by atoms with Crippen LogP contribution in [0.15, 0.2) is 24.3 Å². The maximum absolute atomic E-state index is 9.22. The van der Waals surface area contributed by atoms with Gasteiger partial charge in [0.1, 0.15) is 11.5 Å². The quantitative estimate of drug-likeness (QED) is 0.872. The lowest BCUT2D eigenvalue weighted by atomic mass is 10.1. The molecule has 2 rings (SSSR count). The van der Waals surface area contributed by atoms with Crippen molar-refractivity contribution in [3.63, 3.8) is 0 Å². The lowest BCUT2D eigenvalue weighted by Crippen LogP contribution is -1.90. The number of hydrogen-bond donors (Lipinski definition) is 2. The van der Waals surface area contributed by atoms with Crippen molar-refractivity contribution in [2.75, 3.05) is 14.2 Å². The van der Waals surface area contributed by atoms with Gasteiger partial charge in [0.05, 0.1) is 20.8 Å². The molecule has 0 bridgehead atoms. The predicted molar refractivity (Wildman–Crippen MR) is 70.0 cm³/mol. The average molecular weight is 247 g/mol. The summed E-state index contributed by atoms with van der Waals surface area (Å²) < 4.78 is 10.5. The summed E-state index contributed by atoms with van der Waals surface area (Å²) in [4.78, 5) is 3.24. The molecule has 4 nitrogen and oxygen atoms in total. The van der Waals surface area contributed by atoms with E-state index in [1.54, 1.807) is 14.2 Å². The van der Waals surface area contributed by atoms with E-state index in [1.807, 2.05) is 31.2 Å². The molecule has 0 aliphatic rings. The third kappa shape index (κ3) is 2.19. The molecule has 0 saturated heterocycles. The second-order valence-corrected chi connectivity index (χ2v) is 4.06. The summed E-state index contributed by atoms with van der Waals surface area (Å²) in [7, 11) is 3.25. The second kappa shape index (κ2) is 5.14. The number of aromatic nitrogens is 1. The van der Waals surface area contributed by atoms with Crippen molar-refractivity contribution in [1.82, 2.24) is 4.98 Å². The SMILES string of the molecule is COc1ccc(-c2cc(CO)c(C)[nH]2)c(OC)c1. The monoisotopic (exact) mass is 247 g/mol. The molecule has 0 aliphatic heterocycles. The molecule has 1 heterocycles. The van der Waals surface area contributed by atoms with Crippen molar-refractivity contribution in [3.8, 4) is 22.8 Å². The van der Waals surface area contributed by atoms with Crippen LogP contribution in [0.25, 0.3) is 11.3 Å². The first kappa shape index (κ1) is 12.5. The van der Waals surface area contributed by atoms with Crippen molar-refractivity contribution in [2.24, 2.45) is 0 Å². The number of H-pyrrole nitrogens is 1. The molecule has 1 aromatic heterocycles. The minimum absolute atomic E-state index is 0.0286. The first-order valence-electron chi connectivity index (χ1n) is 5.71. The Morgan fingerprint density at radius 2 is 1.94 bits per heavy atom. The van der Waals surface area contributed by atoms with Crippen LogP contribution in [-0.2, 0) is 6.61 Å². The third-order valence-electron chi connectivity index (χ3n) is 2.99. The standard InChI is InChI=1S/C14H17NO3/c1-9-10(8-16)6-13(15-9)12-5-4-11(17-2)7-14(12)18-3/h4-7,15-16H,8H2,1-3H3. The number of hydrogen-bond acceptors (Lipinski definition) is 3. The van der Waals surface area contributed by atoms with Crippen molar-refractivity contribution >= 4 is 0 Å². The maximum atomic E-state index is 9.22. The molecule has 2 N–H and O–H groups in total. The van der Waals surface area contributed by atoms with Gasteiger partial charge in [0.25, 0.3) is 0 Å². The van der Waals surface area contributed by atoms with Crippen LogP contribution in [-0.4, -0.2) is 24.3 Å². The van der Waals surface area contributed by atoms with E-state index in [2.05, 4.69) is 4.98 Å². The van der Waals surface area contributed by atoms with E-state index in [9.17, 15) is 5.11 Å². The lowest BCUT2D eigenvalue weighted by Gasteiger charge is -2.09. The van der Waals surface area contributed by atoms with Crippen LogP contribution >= 0.6 is 0 Å². The summed E-state index contributed by atoms with van der Waals surface area (Å²) in [6, 6.07) is 7.58. The molecule has 0 fully saturated rings. The van der Waals surface area contributed by atoms with Crippen molar-refractivity contribution in [1.29, 1.82) is 0 Å². The van der Waals surface area contributed by atoms with E-state index in [1.165, 1.54) is 0 Å². The Morgan fingerprint density at radius 3 is 2.50 bits per heavy atom. The number of aromatic amines is 1. The predicted octanol–water partition coefficient (Wildman–Crippen LogP) is 2.50. The molecule has 0 atom stereocenters. The highest BCUT2D eigenvalue weighted by molar-refractivity contribution is 5.70. The zero-order valence-electron chi connectivity index (χ0n) is 10.8. The van der Waals surface area contributed by atoms with E-state index in [-0.39, 0.29) is 6.61 Å². The lowest BCUT2D eigenvalue weighted by molar-refractivity contribution is 0.281. The van der Waals surface area contributed by atoms with Crippen LogP contribution < -0.4 is 9.47 Å². The summed E-state index contributed by atoms with van der Waals surface area (Å²) in [5, 5.41) is 9.22. The molecule has 2 aromatic rings. The highest BCUT2D eigenvalue weighted by Gasteiger charge is 2.11. The summed E-state index contributed by atoms with van der Waals surface area (Å²) in [6.45, 7) is 1.96. The maximum Gasteiger partial charge on any atom is 0.131 e. The number of aliphatic hydroxyl groups is 1. The highest BCUT2D eigenvalue weighted by Crippen LogP contribution is 2.33. The van der Waals surface area contributed by atoms with Crippen molar-refractivity contribution in [3.05, 3.63) is 35.5 Å². The Morgan fingerprint density at radius 1 is 1.17 bits per heavy atom. The minimum Gasteiger partial charge on any atom is -0.497 e. The fraction of sp³-hybridized carbons (Fsp3) is 0.286. The van der Waals surface area contributed by atoms with Gasteiger partial charge in [-0.15, -0.1) is 0 Å². The first-order valence-corrected chi connectivity index (χ1v) is 5.71. The zero-order chi connectivity index (χ0) is 13.1. The van der Waals surface area contributed by atoms with Gasteiger partial charge in [-0.2, -0.15) is 0 Å². The number of aryl methyl sites for hydroxylation is 1. The van der Waals surface area contributed by atoms with Gasteiger partial charge in [-0.25, -0.2) is 0 Å². The van der Waals surface area contributed by atoms with Gasteiger partial charge in [0, 0.05) is 23.0 Å². The molecule has 4 heteroatoms. The number of ether oxygens (including phenoxy) is 2. The van der Waals surface area contributed by atoms with Crippen LogP contribution in [0.3, 0.4) is 0 Å². The average Bonchev–Trinajstić information content (AvgIpc) is 2.79. The van der Waals surface area contributed by atoms with Crippen molar-refractivity contribution < 1.29 is 14.6 Å². The fourth-order valence-corrected chi connectivity index (χ4v) is 1.93. The topological polar surface area (TPSA) is 54.5 Å². The van der Waals surface area contributed by atoms with Crippen LogP contribution in [0.5, 0.6) is 11.5 Å². The smallest absolute Gasteiger partial charge is 0.131 e.